The van der Waals surface area contributed by atoms with Crippen LogP contribution in [0.25, 0.3) is 5.57 Å². The van der Waals surface area contributed by atoms with Gasteiger partial charge in [-0.15, -0.1) is 0 Å². The van der Waals surface area contributed by atoms with E-state index in [1.54, 1.807) is 12.1 Å². The zero-order valence-corrected chi connectivity index (χ0v) is 11.2. The van der Waals surface area contributed by atoms with Crippen molar-refractivity contribution in [2.45, 2.75) is 11.7 Å². The minimum Gasteiger partial charge on any atom is -0.325 e. The summed E-state index contributed by atoms with van der Waals surface area (Å²) >= 11 is 1.88. The second-order valence-electron chi connectivity index (χ2n) is 4.92. The quantitative estimate of drug-likeness (QED) is 0.827. The van der Waals surface area contributed by atoms with Crippen molar-refractivity contribution in [1.82, 2.24) is 9.62 Å². The van der Waals surface area contributed by atoms with Crippen molar-refractivity contribution in [2.24, 2.45) is 5.92 Å². The molecule has 0 radical (unpaired) electrons. The number of halogens is 1. The fraction of sp³-hybridized carbons (Fsp3) is 0.429. The van der Waals surface area contributed by atoms with Gasteiger partial charge in [-0.25, -0.2) is 4.39 Å². The van der Waals surface area contributed by atoms with Crippen LogP contribution >= 0.6 is 11.9 Å². The molecule has 3 rings (SSSR count). The fourth-order valence-corrected chi connectivity index (χ4v) is 3.94. The number of hydrogen-bond acceptors (Lipinski definition) is 3. The number of hydrogen-bond donors (Lipinski definition) is 1. The van der Waals surface area contributed by atoms with Crippen LogP contribution in [0.3, 0.4) is 0 Å². The first-order chi connectivity index (χ1) is 8.74. The van der Waals surface area contributed by atoms with E-state index < -0.39 is 0 Å². The van der Waals surface area contributed by atoms with Crippen LogP contribution in [0.2, 0.25) is 0 Å². The second-order valence-corrected chi connectivity index (χ2v) is 6.21. The van der Waals surface area contributed by atoms with Crippen LogP contribution < -0.4 is 5.32 Å². The topological polar surface area (TPSA) is 15.3 Å². The molecule has 1 aromatic rings. The Kier molecular flexibility index (Phi) is 3.31. The number of nitrogens with zero attached hydrogens (tertiary/aromatic N) is 1. The Bertz CT molecular complexity index is 451. The average molecular weight is 264 g/mol. The summed E-state index contributed by atoms with van der Waals surface area (Å²) in [4.78, 5) is 0. The molecule has 0 aliphatic carbocycles. The van der Waals surface area contributed by atoms with Crippen molar-refractivity contribution in [3.05, 3.63) is 41.8 Å². The zero-order valence-electron chi connectivity index (χ0n) is 10.4. The van der Waals surface area contributed by atoms with Gasteiger partial charge < -0.3 is 9.62 Å². The monoisotopic (exact) mass is 264 g/mol. The molecule has 0 aromatic heterocycles. The molecular weight excluding hydrogens is 247 g/mol. The Morgan fingerprint density at radius 2 is 2.11 bits per heavy atom. The van der Waals surface area contributed by atoms with Crippen molar-refractivity contribution < 1.29 is 4.39 Å². The molecule has 1 fully saturated rings. The molecule has 96 valence electrons. The maximum atomic E-state index is 13.0. The molecule has 2 heterocycles. The molecule has 4 heteroatoms. The first-order valence-corrected chi connectivity index (χ1v) is 7.15. The summed E-state index contributed by atoms with van der Waals surface area (Å²) in [5, 5.41) is 3.92. The van der Waals surface area contributed by atoms with E-state index in [-0.39, 0.29) is 5.82 Å². The largest absolute Gasteiger partial charge is 0.325 e. The van der Waals surface area contributed by atoms with Gasteiger partial charge in [-0.2, -0.15) is 0 Å². The smallest absolute Gasteiger partial charge is 0.123 e. The number of benzene rings is 1. The van der Waals surface area contributed by atoms with Gasteiger partial charge in [-0.1, -0.05) is 12.1 Å². The predicted octanol–water partition coefficient (Wildman–Crippen LogP) is 2.74. The Morgan fingerprint density at radius 3 is 2.78 bits per heavy atom. The van der Waals surface area contributed by atoms with E-state index in [1.165, 1.54) is 12.0 Å². The third kappa shape index (κ3) is 2.27. The molecule has 2 nitrogen and oxygen atoms in total. The SMILES string of the molecule is CN1C=C(c2ccc(F)cc2)C(C2CCNC2)S1. The lowest BCUT2D eigenvalue weighted by Crippen LogP contribution is -2.20. The van der Waals surface area contributed by atoms with Crippen molar-refractivity contribution in [2.75, 3.05) is 20.1 Å². The molecule has 1 N–H and O–H groups in total. The van der Waals surface area contributed by atoms with E-state index in [0.717, 1.165) is 18.7 Å². The van der Waals surface area contributed by atoms with Crippen LogP contribution in [0.5, 0.6) is 0 Å². The molecular formula is C14H17FN2S. The highest BCUT2D eigenvalue weighted by Gasteiger charge is 2.33. The second kappa shape index (κ2) is 4.94. The van der Waals surface area contributed by atoms with E-state index in [1.807, 2.05) is 24.1 Å². The van der Waals surface area contributed by atoms with Crippen molar-refractivity contribution >= 4 is 17.5 Å². The predicted molar refractivity (Wildman–Crippen MR) is 74.5 cm³/mol. The summed E-state index contributed by atoms with van der Waals surface area (Å²) in [7, 11) is 2.08. The lowest BCUT2D eigenvalue weighted by atomic mass is 9.93. The highest BCUT2D eigenvalue weighted by Crippen LogP contribution is 2.42. The minimum atomic E-state index is -0.169. The van der Waals surface area contributed by atoms with E-state index in [4.69, 9.17) is 0 Å². The lowest BCUT2D eigenvalue weighted by Gasteiger charge is -2.20. The standard InChI is InChI=1S/C14H17FN2S/c1-17-9-13(10-2-4-12(15)5-3-10)14(18-17)11-6-7-16-8-11/h2-5,9,11,14,16H,6-8H2,1H3. The van der Waals surface area contributed by atoms with Gasteiger partial charge in [0.25, 0.3) is 0 Å². The molecule has 2 unspecified atom stereocenters. The lowest BCUT2D eigenvalue weighted by molar-refractivity contribution is 0.612. The fourth-order valence-electron chi connectivity index (χ4n) is 2.69. The summed E-state index contributed by atoms with van der Waals surface area (Å²) in [5.41, 5.74) is 2.47. The van der Waals surface area contributed by atoms with E-state index >= 15 is 0 Å². The van der Waals surface area contributed by atoms with E-state index in [0.29, 0.717) is 11.2 Å². The van der Waals surface area contributed by atoms with Crippen LogP contribution in [-0.2, 0) is 0 Å². The Labute approximate surface area is 111 Å². The first kappa shape index (κ1) is 12.1. The van der Waals surface area contributed by atoms with Gasteiger partial charge in [0.05, 0.1) is 5.25 Å². The molecule has 2 aliphatic heterocycles. The van der Waals surface area contributed by atoms with Gasteiger partial charge >= 0.3 is 0 Å². The third-order valence-electron chi connectivity index (χ3n) is 3.61. The van der Waals surface area contributed by atoms with Crippen LogP contribution in [0.4, 0.5) is 4.39 Å². The van der Waals surface area contributed by atoms with Crippen LogP contribution in [0, 0.1) is 11.7 Å². The van der Waals surface area contributed by atoms with Crippen LogP contribution in [0.15, 0.2) is 30.5 Å². The van der Waals surface area contributed by atoms with Gasteiger partial charge in [-0.05, 0) is 60.6 Å². The summed E-state index contributed by atoms with van der Waals surface area (Å²) < 4.78 is 15.2. The van der Waals surface area contributed by atoms with Gasteiger partial charge in [0.1, 0.15) is 5.82 Å². The average Bonchev–Trinajstić information content (AvgIpc) is 2.98. The zero-order chi connectivity index (χ0) is 12.5. The van der Waals surface area contributed by atoms with Crippen molar-refractivity contribution in [3.63, 3.8) is 0 Å². The maximum absolute atomic E-state index is 13.0. The van der Waals surface area contributed by atoms with E-state index in [2.05, 4.69) is 22.9 Å². The first-order valence-electron chi connectivity index (χ1n) is 6.32. The van der Waals surface area contributed by atoms with Gasteiger partial charge in [-0.3, -0.25) is 0 Å². The summed E-state index contributed by atoms with van der Waals surface area (Å²) in [6.07, 6.45) is 3.41. The molecule has 0 spiro atoms. The molecule has 18 heavy (non-hydrogen) atoms. The molecule has 2 aliphatic rings. The van der Waals surface area contributed by atoms with Gasteiger partial charge in [0.15, 0.2) is 0 Å². The van der Waals surface area contributed by atoms with Crippen LogP contribution in [0.1, 0.15) is 12.0 Å². The summed E-state index contributed by atoms with van der Waals surface area (Å²) in [6.45, 7) is 2.20. The van der Waals surface area contributed by atoms with Gasteiger partial charge in [0.2, 0.25) is 0 Å². The third-order valence-corrected chi connectivity index (χ3v) is 4.92. The molecule has 1 aromatic carbocycles. The summed E-state index contributed by atoms with van der Waals surface area (Å²) in [5.74, 6) is 0.508. The summed E-state index contributed by atoms with van der Waals surface area (Å²) in [6, 6.07) is 6.86. The molecule has 0 saturated carbocycles. The van der Waals surface area contributed by atoms with Gasteiger partial charge in [0, 0.05) is 13.2 Å². The molecule has 2 atom stereocenters. The molecule has 0 amide bonds. The Hall–Kier alpha value is -1.00. The maximum Gasteiger partial charge on any atom is 0.123 e. The minimum absolute atomic E-state index is 0.169. The van der Waals surface area contributed by atoms with Crippen molar-refractivity contribution in [3.8, 4) is 0 Å². The normalized spacial score (nSPS) is 27.7. The van der Waals surface area contributed by atoms with Crippen LogP contribution in [-0.4, -0.2) is 29.7 Å². The highest BCUT2D eigenvalue weighted by atomic mass is 32.2. The molecule has 1 saturated heterocycles. The molecule has 0 bridgehead atoms. The number of rotatable bonds is 2. The number of nitrogens with one attached hydrogen (secondary N) is 1. The Balaban J connectivity index is 1.87. The highest BCUT2D eigenvalue weighted by molar-refractivity contribution is 7.98. The van der Waals surface area contributed by atoms with Crippen molar-refractivity contribution in [1.29, 1.82) is 0 Å². The Morgan fingerprint density at radius 1 is 1.33 bits per heavy atom. The van der Waals surface area contributed by atoms with E-state index in [9.17, 15) is 4.39 Å².